The number of hydrogen-bond acceptors (Lipinski definition) is 8. The molecule has 0 saturated carbocycles. The second-order valence-electron chi connectivity index (χ2n) is 8.25. The van der Waals surface area contributed by atoms with E-state index in [1.807, 2.05) is 33.8 Å². The molecule has 2 radical (unpaired) electrons. The Bertz CT molecular complexity index is 466. The first-order valence-corrected chi connectivity index (χ1v) is 9.85. The third kappa shape index (κ3) is 9.32. The standard InChI is InChI=1S/C19H37BN2O6/c1-6-13(2)21-10-8-19(5,20)27-12-9-18(3,4)26-11-7-14(23)16(24)15-17(25)28-22-15/h6,13-17,21-25H,1,7-12H2,2-5H3. The Labute approximate surface area is 170 Å². The highest BCUT2D eigenvalue weighted by atomic mass is 16.8. The summed E-state index contributed by atoms with van der Waals surface area (Å²) in [4.78, 5) is 4.56. The number of aliphatic hydroxyl groups excluding tert-OH is 3. The molecule has 1 aliphatic rings. The predicted octanol–water partition coefficient (Wildman–Crippen LogP) is -0.0391. The Hall–Kier alpha value is -0.515. The van der Waals surface area contributed by atoms with E-state index in [1.165, 1.54) is 0 Å². The fourth-order valence-electron chi connectivity index (χ4n) is 2.62. The third-order valence-electron chi connectivity index (χ3n) is 4.88. The van der Waals surface area contributed by atoms with Crippen molar-refractivity contribution < 1.29 is 29.6 Å². The highest BCUT2D eigenvalue weighted by molar-refractivity contribution is 6.14. The van der Waals surface area contributed by atoms with Gasteiger partial charge in [-0.2, -0.15) is 5.48 Å². The summed E-state index contributed by atoms with van der Waals surface area (Å²) in [5.74, 6) is 0. The first kappa shape index (κ1) is 25.5. The van der Waals surface area contributed by atoms with Gasteiger partial charge in [0.1, 0.15) is 20.0 Å². The molecule has 1 rings (SSSR count). The van der Waals surface area contributed by atoms with Crippen LogP contribution in [0.2, 0.25) is 0 Å². The molecule has 5 N–H and O–H groups in total. The molecule has 1 aliphatic heterocycles. The molecule has 9 heteroatoms. The maximum atomic E-state index is 10.00. The molecule has 162 valence electrons. The fraction of sp³-hybridized carbons (Fsp3) is 0.895. The van der Waals surface area contributed by atoms with Crippen LogP contribution >= 0.6 is 0 Å². The van der Waals surface area contributed by atoms with Crippen molar-refractivity contribution in [2.45, 2.75) is 88.6 Å². The molecule has 6 unspecified atom stereocenters. The second kappa shape index (κ2) is 11.6. The zero-order chi connectivity index (χ0) is 21.4. The molecule has 0 spiro atoms. The lowest BCUT2D eigenvalue weighted by atomic mass is 9.80. The number of aliphatic hydroxyl groups is 3. The number of hydroxylamine groups is 1. The van der Waals surface area contributed by atoms with Crippen LogP contribution in [0.3, 0.4) is 0 Å². The predicted molar refractivity (Wildman–Crippen MR) is 108 cm³/mol. The van der Waals surface area contributed by atoms with Crippen molar-refractivity contribution in [3.63, 3.8) is 0 Å². The summed E-state index contributed by atoms with van der Waals surface area (Å²) in [5.41, 5.74) is 1.21. The highest BCUT2D eigenvalue weighted by Crippen LogP contribution is 2.20. The number of rotatable bonds is 15. The van der Waals surface area contributed by atoms with Gasteiger partial charge in [-0.25, -0.2) is 0 Å². The zero-order valence-electron chi connectivity index (χ0n) is 17.6. The van der Waals surface area contributed by atoms with Crippen LogP contribution in [0.15, 0.2) is 12.7 Å². The van der Waals surface area contributed by atoms with Crippen LogP contribution in [0.25, 0.3) is 0 Å². The smallest absolute Gasteiger partial charge is 0.195 e. The molecular formula is C19H37BN2O6. The van der Waals surface area contributed by atoms with Crippen LogP contribution in [-0.2, 0) is 14.3 Å². The van der Waals surface area contributed by atoms with Crippen molar-refractivity contribution in [2.75, 3.05) is 19.8 Å². The van der Waals surface area contributed by atoms with E-state index in [4.69, 9.17) is 17.3 Å². The minimum atomic E-state index is -1.13. The SMILES string of the molecule is [B]C(C)(CCNC(C)C=C)OCCC(C)(C)OCCC(O)C(O)C1NOC1O. The normalized spacial score (nSPS) is 25.4. The maximum absolute atomic E-state index is 10.00. The summed E-state index contributed by atoms with van der Waals surface area (Å²) in [6, 6.07) is -0.463. The first-order chi connectivity index (χ1) is 13.0. The van der Waals surface area contributed by atoms with Gasteiger partial charge in [0.15, 0.2) is 6.29 Å². The van der Waals surface area contributed by atoms with Gasteiger partial charge in [0.05, 0.1) is 11.7 Å². The van der Waals surface area contributed by atoms with Crippen molar-refractivity contribution in [1.82, 2.24) is 10.8 Å². The average molecular weight is 400 g/mol. The molecule has 28 heavy (non-hydrogen) atoms. The summed E-state index contributed by atoms with van der Waals surface area (Å²) < 4.78 is 11.6. The molecule has 0 bridgehead atoms. The summed E-state index contributed by atoms with van der Waals surface area (Å²) in [6.07, 6.45) is 0.101. The van der Waals surface area contributed by atoms with Gasteiger partial charge in [-0.15, -0.1) is 6.58 Å². The van der Waals surface area contributed by atoms with E-state index < -0.39 is 35.6 Å². The Morgan fingerprint density at radius 1 is 1.25 bits per heavy atom. The fourth-order valence-corrected chi connectivity index (χ4v) is 2.62. The number of hydrogen-bond donors (Lipinski definition) is 5. The van der Waals surface area contributed by atoms with E-state index >= 15 is 0 Å². The summed E-state index contributed by atoms with van der Waals surface area (Å²) in [5, 5.41) is 32.5. The van der Waals surface area contributed by atoms with E-state index in [1.54, 1.807) is 0 Å². The van der Waals surface area contributed by atoms with Crippen molar-refractivity contribution >= 4 is 7.85 Å². The van der Waals surface area contributed by atoms with Gasteiger partial charge in [0.2, 0.25) is 0 Å². The molecule has 0 aromatic rings. The summed E-state index contributed by atoms with van der Waals surface area (Å²) in [7, 11) is 6.18. The van der Waals surface area contributed by atoms with Crippen LogP contribution < -0.4 is 10.8 Å². The van der Waals surface area contributed by atoms with E-state index in [2.05, 4.69) is 22.2 Å². The van der Waals surface area contributed by atoms with Crippen molar-refractivity contribution in [1.29, 1.82) is 0 Å². The minimum Gasteiger partial charge on any atom is -0.390 e. The molecule has 8 nitrogen and oxygen atoms in total. The van der Waals surface area contributed by atoms with Crippen LogP contribution in [0.5, 0.6) is 0 Å². The second-order valence-corrected chi connectivity index (χ2v) is 8.25. The molecule has 0 aromatic heterocycles. The van der Waals surface area contributed by atoms with E-state index in [9.17, 15) is 15.3 Å². The quantitative estimate of drug-likeness (QED) is 0.192. The van der Waals surface area contributed by atoms with Gasteiger partial charge in [0, 0.05) is 24.8 Å². The maximum Gasteiger partial charge on any atom is 0.195 e. The average Bonchev–Trinajstić information content (AvgIpc) is 2.59. The van der Waals surface area contributed by atoms with Crippen LogP contribution in [0.1, 0.15) is 47.0 Å². The van der Waals surface area contributed by atoms with Gasteiger partial charge >= 0.3 is 0 Å². The van der Waals surface area contributed by atoms with E-state index in [-0.39, 0.29) is 19.1 Å². The largest absolute Gasteiger partial charge is 0.390 e. The third-order valence-corrected chi connectivity index (χ3v) is 4.88. The molecular weight excluding hydrogens is 363 g/mol. The Kier molecular flexibility index (Phi) is 10.6. The van der Waals surface area contributed by atoms with Gasteiger partial charge < -0.3 is 30.1 Å². The highest BCUT2D eigenvalue weighted by Gasteiger charge is 2.39. The van der Waals surface area contributed by atoms with E-state index in [0.717, 1.165) is 6.54 Å². The number of nitrogens with one attached hydrogen (secondary N) is 2. The van der Waals surface area contributed by atoms with Crippen LogP contribution in [0.4, 0.5) is 0 Å². The molecule has 0 amide bonds. The summed E-state index contributed by atoms with van der Waals surface area (Å²) in [6.45, 7) is 12.9. The van der Waals surface area contributed by atoms with Gasteiger partial charge in [0.25, 0.3) is 0 Å². The Balaban J connectivity index is 2.21. The van der Waals surface area contributed by atoms with E-state index in [0.29, 0.717) is 19.4 Å². The van der Waals surface area contributed by atoms with Crippen molar-refractivity contribution in [3.05, 3.63) is 12.7 Å². The molecule has 1 fully saturated rings. The first-order valence-electron chi connectivity index (χ1n) is 9.85. The zero-order valence-corrected chi connectivity index (χ0v) is 17.6. The Morgan fingerprint density at radius 3 is 2.46 bits per heavy atom. The van der Waals surface area contributed by atoms with Crippen molar-refractivity contribution in [2.24, 2.45) is 0 Å². The lowest BCUT2D eigenvalue weighted by molar-refractivity contribution is -0.295. The molecule has 0 aromatic carbocycles. The monoisotopic (exact) mass is 400 g/mol. The number of ether oxygens (including phenoxy) is 2. The van der Waals surface area contributed by atoms with Crippen LogP contribution in [0, 0.1) is 0 Å². The molecule has 0 aliphatic carbocycles. The summed E-state index contributed by atoms with van der Waals surface area (Å²) >= 11 is 0. The van der Waals surface area contributed by atoms with Crippen molar-refractivity contribution in [3.8, 4) is 0 Å². The van der Waals surface area contributed by atoms with Crippen LogP contribution in [-0.4, -0.2) is 84.6 Å². The molecule has 1 saturated heterocycles. The topological polar surface area (TPSA) is 112 Å². The van der Waals surface area contributed by atoms with Gasteiger partial charge in [-0.3, -0.25) is 4.84 Å². The molecule has 1 heterocycles. The lowest BCUT2D eigenvalue weighted by Gasteiger charge is -2.38. The van der Waals surface area contributed by atoms with Gasteiger partial charge in [-0.05, 0) is 53.5 Å². The molecule has 6 atom stereocenters. The Morgan fingerprint density at radius 2 is 1.93 bits per heavy atom. The van der Waals surface area contributed by atoms with Gasteiger partial charge in [-0.1, -0.05) is 6.08 Å². The lowest BCUT2D eigenvalue weighted by Crippen LogP contribution is -2.63. The minimum absolute atomic E-state index is 0.230.